The van der Waals surface area contributed by atoms with Gasteiger partial charge in [-0.2, -0.15) is 5.26 Å². The lowest BCUT2D eigenvalue weighted by Crippen LogP contribution is -1.98. The molecule has 4 rings (SSSR count). The van der Waals surface area contributed by atoms with E-state index in [1.54, 1.807) is 30.3 Å². The fourth-order valence-electron chi connectivity index (χ4n) is 2.53. The van der Waals surface area contributed by atoms with Crippen molar-refractivity contribution in [3.8, 4) is 17.6 Å². The van der Waals surface area contributed by atoms with Crippen molar-refractivity contribution >= 4 is 34.7 Å². The molecule has 2 heterocycles. The molecule has 1 N–H and O–H groups in total. The molecule has 5 nitrogen and oxygen atoms in total. The van der Waals surface area contributed by atoms with Crippen LogP contribution in [0, 0.1) is 17.1 Å². The average Bonchev–Trinajstić information content (AvgIpc) is 3.03. The summed E-state index contributed by atoms with van der Waals surface area (Å²) in [6.45, 7) is 0.186. The van der Waals surface area contributed by atoms with Crippen LogP contribution in [0.1, 0.15) is 5.56 Å². The molecular formula is C17H11ClFN3O2. The zero-order valence-electron chi connectivity index (χ0n) is 12.2. The molecule has 0 aliphatic carbocycles. The average molecular weight is 344 g/mol. The van der Waals surface area contributed by atoms with E-state index >= 15 is 0 Å². The SMILES string of the molecule is Cl.N#Cc1cnc2c(F)cccc2c1Nc1ccc2c(c1)OCO2. The zero-order chi connectivity index (χ0) is 15.8. The van der Waals surface area contributed by atoms with Crippen molar-refractivity contribution < 1.29 is 13.9 Å². The molecular weight excluding hydrogens is 333 g/mol. The first kappa shape index (κ1) is 15.8. The number of para-hydroxylation sites is 1. The van der Waals surface area contributed by atoms with Crippen LogP contribution in [0.5, 0.6) is 11.5 Å². The molecule has 2 aromatic carbocycles. The van der Waals surface area contributed by atoms with Crippen molar-refractivity contribution in [1.82, 2.24) is 4.98 Å². The molecule has 1 aliphatic rings. The highest BCUT2D eigenvalue weighted by molar-refractivity contribution is 5.96. The van der Waals surface area contributed by atoms with Crippen molar-refractivity contribution in [2.24, 2.45) is 0 Å². The molecule has 0 saturated carbocycles. The minimum atomic E-state index is -0.430. The maximum Gasteiger partial charge on any atom is 0.231 e. The number of rotatable bonds is 2. The van der Waals surface area contributed by atoms with E-state index in [0.29, 0.717) is 33.8 Å². The second kappa shape index (κ2) is 6.22. The lowest BCUT2D eigenvalue weighted by Gasteiger charge is -2.12. The highest BCUT2D eigenvalue weighted by Crippen LogP contribution is 2.36. The quantitative estimate of drug-likeness (QED) is 0.757. The Bertz CT molecular complexity index is 972. The van der Waals surface area contributed by atoms with Crippen LogP contribution in [0.3, 0.4) is 0 Å². The number of fused-ring (bicyclic) bond motifs is 2. The Balaban J connectivity index is 0.00000169. The molecule has 3 aromatic rings. The Morgan fingerprint density at radius 2 is 2.00 bits per heavy atom. The smallest absolute Gasteiger partial charge is 0.231 e. The van der Waals surface area contributed by atoms with Gasteiger partial charge in [0.1, 0.15) is 17.4 Å². The summed E-state index contributed by atoms with van der Waals surface area (Å²) in [7, 11) is 0. The molecule has 7 heteroatoms. The van der Waals surface area contributed by atoms with E-state index in [-0.39, 0.29) is 24.7 Å². The van der Waals surface area contributed by atoms with Crippen molar-refractivity contribution in [2.45, 2.75) is 0 Å². The van der Waals surface area contributed by atoms with Gasteiger partial charge in [-0.15, -0.1) is 12.4 Å². The van der Waals surface area contributed by atoms with Crippen LogP contribution in [0.15, 0.2) is 42.6 Å². The van der Waals surface area contributed by atoms with Crippen LogP contribution in [0.2, 0.25) is 0 Å². The number of nitrogens with zero attached hydrogens (tertiary/aromatic N) is 2. The first-order valence-corrected chi connectivity index (χ1v) is 6.90. The van der Waals surface area contributed by atoms with Gasteiger partial charge in [0.15, 0.2) is 11.5 Å². The second-order valence-corrected chi connectivity index (χ2v) is 4.99. The summed E-state index contributed by atoms with van der Waals surface area (Å²) in [6.07, 6.45) is 1.36. The predicted molar refractivity (Wildman–Crippen MR) is 89.5 cm³/mol. The lowest BCUT2D eigenvalue weighted by atomic mass is 10.1. The molecule has 0 atom stereocenters. The number of ether oxygens (including phenoxy) is 2. The van der Waals surface area contributed by atoms with E-state index in [1.807, 2.05) is 0 Å². The Morgan fingerprint density at radius 1 is 1.17 bits per heavy atom. The number of halogens is 2. The van der Waals surface area contributed by atoms with Gasteiger partial charge in [-0.25, -0.2) is 4.39 Å². The van der Waals surface area contributed by atoms with Crippen molar-refractivity contribution in [3.63, 3.8) is 0 Å². The molecule has 0 unspecified atom stereocenters. The van der Waals surface area contributed by atoms with Gasteiger partial charge in [0.2, 0.25) is 6.79 Å². The third-order valence-electron chi connectivity index (χ3n) is 3.61. The Labute approximate surface area is 143 Å². The first-order valence-electron chi connectivity index (χ1n) is 6.90. The van der Waals surface area contributed by atoms with Crippen LogP contribution < -0.4 is 14.8 Å². The topological polar surface area (TPSA) is 67.2 Å². The molecule has 0 fully saturated rings. The minimum Gasteiger partial charge on any atom is -0.454 e. The molecule has 120 valence electrons. The highest BCUT2D eigenvalue weighted by atomic mass is 35.5. The van der Waals surface area contributed by atoms with Gasteiger partial charge in [-0.3, -0.25) is 4.98 Å². The van der Waals surface area contributed by atoms with Crippen LogP contribution in [-0.2, 0) is 0 Å². The van der Waals surface area contributed by atoms with Crippen molar-refractivity contribution in [3.05, 3.63) is 54.0 Å². The summed E-state index contributed by atoms with van der Waals surface area (Å²) < 4.78 is 24.5. The number of pyridine rings is 1. The molecule has 0 bridgehead atoms. The van der Waals surface area contributed by atoms with Crippen LogP contribution in [-0.4, -0.2) is 11.8 Å². The number of aromatic nitrogens is 1. The van der Waals surface area contributed by atoms with Crippen LogP contribution in [0.4, 0.5) is 15.8 Å². The normalized spacial score (nSPS) is 11.7. The number of anilines is 2. The molecule has 24 heavy (non-hydrogen) atoms. The molecule has 1 aromatic heterocycles. The van der Waals surface area contributed by atoms with E-state index in [9.17, 15) is 9.65 Å². The van der Waals surface area contributed by atoms with Crippen LogP contribution in [0.25, 0.3) is 10.9 Å². The number of benzene rings is 2. The third-order valence-corrected chi connectivity index (χ3v) is 3.61. The number of nitrogens with one attached hydrogen (secondary N) is 1. The Hall–Kier alpha value is -3.04. The van der Waals surface area contributed by atoms with Gasteiger partial charge in [0, 0.05) is 23.3 Å². The number of hydrogen-bond donors (Lipinski definition) is 1. The summed E-state index contributed by atoms with van der Waals surface area (Å²) in [6, 6.07) is 12.1. The van der Waals surface area contributed by atoms with Crippen LogP contribution >= 0.6 is 12.4 Å². The van der Waals surface area contributed by atoms with E-state index < -0.39 is 5.82 Å². The second-order valence-electron chi connectivity index (χ2n) is 4.99. The first-order chi connectivity index (χ1) is 11.3. The highest BCUT2D eigenvalue weighted by Gasteiger charge is 2.15. The monoisotopic (exact) mass is 343 g/mol. The third kappa shape index (κ3) is 2.55. The molecule has 0 radical (unpaired) electrons. The van der Waals surface area contributed by atoms with Gasteiger partial charge < -0.3 is 14.8 Å². The summed E-state index contributed by atoms with van der Waals surface area (Å²) in [4.78, 5) is 4.03. The molecule has 0 saturated heterocycles. The van der Waals surface area contributed by atoms with Gasteiger partial charge in [-0.05, 0) is 18.2 Å². The fourth-order valence-corrected chi connectivity index (χ4v) is 2.53. The fraction of sp³-hybridized carbons (Fsp3) is 0.0588. The van der Waals surface area contributed by atoms with Crippen molar-refractivity contribution in [1.29, 1.82) is 5.26 Å². The summed E-state index contributed by atoms with van der Waals surface area (Å²) in [5.74, 6) is 0.862. The lowest BCUT2D eigenvalue weighted by molar-refractivity contribution is 0.174. The standard InChI is InChI=1S/C17H10FN3O2.ClH/c18-13-3-1-2-12-16(10(7-19)8-20-17(12)13)21-11-4-5-14-15(6-11)23-9-22-14;/h1-6,8H,9H2,(H,20,21);1H. The van der Waals surface area contributed by atoms with Gasteiger partial charge in [-0.1, -0.05) is 12.1 Å². The predicted octanol–water partition coefficient (Wildman–Crippen LogP) is 4.14. The number of nitriles is 1. The maximum absolute atomic E-state index is 13.9. The summed E-state index contributed by atoms with van der Waals surface area (Å²) >= 11 is 0. The van der Waals surface area contributed by atoms with E-state index in [4.69, 9.17) is 9.47 Å². The molecule has 0 spiro atoms. The molecule has 0 amide bonds. The van der Waals surface area contributed by atoms with Crippen molar-refractivity contribution in [2.75, 3.05) is 12.1 Å². The Kier molecular flexibility index (Phi) is 4.11. The summed E-state index contributed by atoms with van der Waals surface area (Å²) in [5, 5.41) is 13.0. The largest absolute Gasteiger partial charge is 0.454 e. The van der Waals surface area contributed by atoms with E-state index in [1.165, 1.54) is 12.3 Å². The van der Waals surface area contributed by atoms with Gasteiger partial charge in [0.05, 0.1) is 11.3 Å². The summed E-state index contributed by atoms with van der Waals surface area (Å²) in [5.41, 5.74) is 1.77. The zero-order valence-corrected chi connectivity index (χ0v) is 13.1. The van der Waals surface area contributed by atoms with Gasteiger partial charge in [0.25, 0.3) is 0 Å². The molecule has 1 aliphatic heterocycles. The number of hydrogen-bond acceptors (Lipinski definition) is 5. The van der Waals surface area contributed by atoms with E-state index in [0.717, 1.165) is 0 Å². The Morgan fingerprint density at radius 3 is 2.83 bits per heavy atom. The van der Waals surface area contributed by atoms with Gasteiger partial charge >= 0.3 is 0 Å². The van der Waals surface area contributed by atoms with E-state index in [2.05, 4.69) is 16.4 Å². The maximum atomic E-state index is 13.9. The minimum absolute atomic E-state index is 0.